The fourth-order valence-electron chi connectivity index (χ4n) is 2.09. The molecule has 0 fully saturated rings. The van der Waals surface area contributed by atoms with Crippen molar-refractivity contribution in [3.8, 4) is 11.5 Å². The van der Waals surface area contributed by atoms with Crippen LogP contribution in [0.4, 0.5) is 13.2 Å². The predicted octanol–water partition coefficient (Wildman–Crippen LogP) is 2.94. The Morgan fingerprint density at radius 2 is 1.93 bits per heavy atom. The molecule has 0 radical (unpaired) electrons. The Kier molecular flexibility index (Phi) is 6.59. The van der Waals surface area contributed by atoms with Crippen molar-refractivity contribution in [1.29, 1.82) is 0 Å². The van der Waals surface area contributed by atoms with E-state index < -0.39 is 30.2 Å². The number of rotatable bonds is 7. The Morgan fingerprint density at radius 3 is 2.57 bits per heavy atom. The summed E-state index contributed by atoms with van der Waals surface area (Å²) < 4.78 is 48.2. The zero-order chi connectivity index (χ0) is 20.7. The van der Waals surface area contributed by atoms with Crippen molar-refractivity contribution < 1.29 is 37.3 Å². The van der Waals surface area contributed by atoms with Crippen LogP contribution in [0.2, 0.25) is 0 Å². The number of nitrogens with zero attached hydrogens (tertiary/aromatic N) is 1. The maximum atomic E-state index is 12.7. The molecule has 0 saturated carbocycles. The van der Waals surface area contributed by atoms with Crippen LogP contribution in [0.3, 0.4) is 0 Å². The number of nitrogens with one attached hydrogen (secondary N) is 1. The first kappa shape index (κ1) is 20.7. The van der Waals surface area contributed by atoms with Crippen molar-refractivity contribution in [2.75, 3.05) is 13.7 Å². The number of halogens is 3. The third kappa shape index (κ3) is 5.73. The van der Waals surface area contributed by atoms with Crippen LogP contribution in [-0.4, -0.2) is 36.9 Å². The van der Waals surface area contributed by atoms with Crippen LogP contribution in [0.5, 0.6) is 11.5 Å². The second kappa shape index (κ2) is 8.89. The Balaban J connectivity index is 2.06. The molecule has 1 amide bonds. The molecule has 2 rings (SSSR count). The summed E-state index contributed by atoms with van der Waals surface area (Å²) in [4.78, 5) is 22.5. The average Bonchev–Trinajstić information content (AvgIpc) is 2.66. The molecule has 0 heterocycles. The molecule has 10 heteroatoms. The minimum absolute atomic E-state index is 0.193. The van der Waals surface area contributed by atoms with Gasteiger partial charge in [0, 0.05) is 5.56 Å². The van der Waals surface area contributed by atoms with E-state index in [-0.39, 0.29) is 17.1 Å². The van der Waals surface area contributed by atoms with Crippen LogP contribution in [0.25, 0.3) is 0 Å². The second-order valence-electron chi connectivity index (χ2n) is 5.37. The van der Waals surface area contributed by atoms with E-state index in [1.54, 1.807) is 0 Å². The number of alkyl halides is 3. The molecule has 0 aliphatic rings. The predicted molar refractivity (Wildman–Crippen MR) is 92.6 cm³/mol. The van der Waals surface area contributed by atoms with Crippen molar-refractivity contribution in [2.45, 2.75) is 6.18 Å². The van der Waals surface area contributed by atoms with Crippen LogP contribution >= 0.6 is 0 Å². The molecule has 2 aromatic carbocycles. The maximum absolute atomic E-state index is 12.7. The first-order valence-electron chi connectivity index (χ1n) is 7.74. The Morgan fingerprint density at radius 1 is 1.18 bits per heavy atom. The van der Waals surface area contributed by atoms with Gasteiger partial charge >= 0.3 is 12.1 Å². The number of carbonyl (C=O) groups excluding carboxylic acids is 1. The topological polar surface area (TPSA) is 97.2 Å². The summed E-state index contributed by atoms with van der Waals surface area (Å²) in [5, 5.41) is 12.3. The molecule has 0 atom stereocenters. The van der Waals surface area contributed by atoms with E-state index in [2.05, 4.69) is 10.5 Å². The lowest BCUT2D eigenvalue weighted by Crippen LogP contribution is -2.18. The van der Waals surface area contributed by atoms with Gasteiger partial charge in [-0.3, -0.25) is 4.79 Å². The molecule has 148 valence electrons. The van der Waals surface area contributed by atoms with Crippen molar-refractivity contribution in [3.63, 3.8) is 0 Å². The summed E-state index contributed by atoms with van der Waals surface area (Å²) in [6, 6.07) is 8.41. The standard InChI is InChI=1S/C18H15F3N2O5/c1-27-15-7-11(5-6-14(15)28-10-16(24)25)9-22-23-17(26)12-3-2-4-13(8-12)18(19,20)21/h2-9H,10H2,1H3,(H,23,26)(H,24,25)/b22-9-. The first-order valence-corrected chi connectivity index (χ1v) is 7.74. The number of carbonyl (C=O) groups is 2. The van der Waals surface area contributed by atoms with Gasteiger partial charge in [-0.25, -0.2) is 10.2 Å². The minimum atomic E-state index is -4.55. The van der Waals surface area contributed by atoms with Crippen LogP contribution < -0.4 is 14.9 Å². The summed E-state index contributed by atoms with van der Waals surface area (Å²) in [5.41, 5.74) is 1.48. The number of amides is 1. The number of ether oxygens (including phenoxy) is 2. The van der Waals surface area contributed by atoms with Gasteiger partial charge in [-0.2, -0.15) is 18.3 Å². The number of hydrogen-bond acceptors (Lipinski definition) is 5. The molecule has 2 aromatic rings. The number of hydrazone groups is 1. The first-order chi connectivity index (χ1) is 13.2. The number of benzene rings is 2. The van der Waals surface area contributed by atoms with Gasteiger partial charge in [0.2, 0.25) is 0 Å². The van der Waals surface area contributed by atoms with Gasteiger partial charge in [0.1, 0.15) is 0 Å². The number of aliphatic carboxylic acids is 1. The lowest BCUT2D eigenvalue weighted by atomic mass is 10.1. The Hall–Kier alpha value is -3.56. The van der Waals surface area contributed by atoms with Crippen LogP contribution in [-0.2, 0) is 11.0 Å². The molecule has 7 nitrogen and oxygen atoms in total. The highest BCUT2D eigenvalue weighted by atomic mass is 19.4. The lowest BCUT2D eigenvalue weighted by Gasteiger charge is -2.09. The minimum Gasteiger partial charge on any atom is -0.493 e. The van der Waals surface area contributed by atoms with Gasteiger partial charge in [0.25, 0.3) is 5.91 Å². The largest absolute Gasteiger partial charge is 0.493 e. The van der Waals surface area contributed by atoms with Gasteiger partial charge in [-0.05, 0) is 42.0 Å². The fourth-order valence-corrected chi connectivity index (χ4v) is 2.09. The van der Waals surface area contributed by atoms with E-state index in [9.17, 15) is 22.8 Å². The van der Waals surface area contributed by atoms with Crippen molar-refractivity contribution in [2.24, 2.45) is 5.10 Å². The van der Waals surface area contributed by atoms with Gasteiger partial charge in [0.15, 0.2) is 18.1 Å². The lowest BCUT2D eigenvalue weighted by molar-refractivity contribution is -0.139. The highest BCUT2D eigenvalue weighted by Gasteiger charge is 2.30. The number of carboxylic acid groups (broad SMARTS) is 1. The smallest absolute Gasteiger partial charge is 0.416 e. The summed E-state index contributed by atoms with van der Waals surface area (Å²) in [6.45, 7) is -0.545. The molecule has 0 aliphatic carbocycles. The summed E-state index contributed by atoms with van der Waals surface area (Å²) in [6.07, 6.45) is -3.31. The highest BCUT2D eigenvalue weighted by molar-refractivity contribution is 5.95. The van der Waals surface area contributed by atoms with Crippen molar-refractivity contribution in [3.05, 3.63) is 59.2 Å². The van der Waals surface area contributed by atoms with E-state index in [1.807, 2.05) is 0 Å². The molecular weight excluding hydrogens is 381 g/mol. The molecule has 0 unspecified atom stereocenters. The van der Waals surface area contributed by atoms with Crippen LogP contribution in [0.15, 0.2) is 47.6 Å². The van der Waals surface area contributed by atoms with Gasteiger partial charge in [-0.1, -0.05) is 6.07 Å². The molecular formula is C18H15F3N2O5. The Labute approximate surface area is 157 Å². The summed E-state index contributed by atoms with van der Waals surface area (Å²) in [5.74, 6) is -1.51. The monoisotopic (exact) mass is 396 g/mol. The van der Waals surface area contributed by atoms with E-state index in [0.29, 0.717) is 5.56 Å². The third-order valence-corrected chi connectivity index (χ3v) is 3.37. The summed E-state index contributed by atoms with van der Waals surface area (Å²) >= 11 is 0. The molecule has 0 saturated heterocycles. The van der Waals surface area contributed by atoms with Gasteiger partial charge < -0.3 is 14.6 Å². The third-order valence-electron chi connectivity index (χ3n) is 3.37. The van der Waals surface area contributed by atoms with Crippen molar-refractivity contribution >= 4 is 18.1 Å². The zero-order valence-electron chi connectivity index (χ0n) is 14.5. The molecule has 28 heavy (non-hydrogen) atoms. The van der Waals surface area contributed by atoms with Crippen LogP contribution in [0.1, 0.15) is 21.5 Å². The number of hydrogen-bond donors (Lipinski definition) is 2. The number of carboxylic acids is 1. The van der Waals surface area contributed by atoms with Crippen LogP contribution in [0, 0.1) is 0 Å². The quantitative estimate of drug-likeness (QED) is 0.554. The van der Waals surface area contributed by atoms with E-state index in [0.717, 1.165) is 18.2 Å². The number of methoxy groups -OCH3 is 1. The zero-order valence-corrected chi connectivity index (χ0v) is 14.5. The van der Waals surface area contributed by atoms with E-state index in [4.69, 9.17) is 14.6 Å². The fraction of sp³-hybridized carbons (Fsp3) is 0.167. The maximum Gasteiger partial charge on any atom is 0.416 e. The van der Waals surface area contributed by atoms with E-state index in [1.165, 1.54) is 37.6 Å². The van der Waals surface area contributed by atoms with Crippen molar-refractivity contribution in [1.82, 2.24) is 5.43 Å². The SMILES string of the molecule is COc1cc(/C=N\NC(=O)c2cccc(C(F)(F)F)c2)ccc1OCC(=O)O. The van der Waals surface area contributed by atoms with Gasteiger partial charge in [0.05, 0.1) is 18.9 Å². The van der Waals surface area contributed by atoms with E-state index >= 15 is 0 Å². The molecule has 2 N–H and O–H groups in total. The van der Waals surface area contributed by atoms with Gasteiger partial charge in [-0.15, -0.1) is 0 Å². The second-order valence-corrected chi connectivity index (χ2v) is 5.37. The highest BCUT2D eigenvalue weighted by Crippen LogP contribution is 2.29. The average molecular weight is 396 g/mol. The normalized spacial score (nSPS) is 11.3. The molecule has 0 aromatic heterocycles. The molecule has 0 bridgehead atoms. The molecule has 0 aliphatic heterocycles. The summed E-state index contributed by atoms with van der Waals surface area (Å²) in [7, 11) is 1.36. The molecule has 0 spiro atoms. The Bertz CT molecular complexity index is 897.